The summed E-state index contributed by atoms with van der Waals surface area (Å²) in [5.41, 5.74) is 1.82. The van der Waals surface area contributed by atoms with Crippen LogP contribution in [0.4, 0.5) is 4.39 Å². The van der Waals surface area contributed by atoms with Crippen LogP contribution in [0.1, 0.15) is 18.1 Å². The van der Waals surface area contributed by atoms with E-state index in [0.717, 1.165) is 17.7 Å². The van der Waals surface area contributed by atoms with Crippen LogP contribution in [0.15, 0.2) is 45.9 Å². The number of guanidine groups is 1. The standard InChI is InChI=1S/C19H23BrFN3O2/c1-4-22-19(24-12-14-7-15(20)10-16(21)8-14)23-11-13-5-6-17(25-2)18(9-13)26-3/h5-10H,4,11-12H2,1-3H3,(H2,22,23,24). The predicted molar refractivity (Wildman–Crippen MR) is 105 cm³/mol. The molecule has 0 aliphatic carbocycles. The summed E-state index contributed by atoms with van der Waals surface area (Å²) in [5.74, 6) is 1.74. The fourth-order valence-corrected chi connectivity index (χ4v) is 2.90. The van der Waals surface area contributed by atoms with Gasteiger partial charge in [0, 0.05) is 17.6 Å². The summed E-state index contributed by atoms with van der Waals surface area (Å²) in [6.07, 6.45) is 0. The van der Waals surface area contributed by atoms with Gasteiger partial charge in [0.1, 0.15) is 5.82 Å². The first-order valence-electron chi connectivity index (χ1n) is 8.23. The van der Waals surface area contributed by atoms with Crippen molar-refractivity contribution in [2.45, 2.75) is 20.0 Å². The van der Waals surface area contributed by atoms with E-state index in [1.54, 1.807) is 14.2 Å². The Kier molecular flexibility index (Phi) is 7.72. The summed E-state index contributed by atoms with van der Waals surface area (Å²) in [7, 11) is 3.22. The smallest absolute Gasteiger partial charge is 0.191 e. The van der Waals surface area contributed by atoms with Gasteiger partial charge in [0.25, 0.3) is 0 Å². The van der Waals surface area contributed by atoms with Crippen molar-refractivity contribution in [3.8, 4) is 11.5 Å². The first kappa shape index (κ1) is 20.0. The molecular weight excluding hydrogens is 401 g/mol. The molecule has 0 bridgehead atoms. The van der Waals surface area contributed by atoms with Crippen molar-refractivity contribution in [1.29, 1.82) is 0 Å². The van der Waals surface area contributed by atoms with E-state index >= 15 is 0 Å². The van der Waals surface area contributed by atoms with E-state index in [1.807, 2.05) is 31.2 Å². The van der Waals surface area contributed by atoms with Gasteiger partial charge >= 0.3 is 0 Å². The van der Waals surface area contributed by atoms with Gasteiger partial charge in [-0.15, -0.1) is 0 Å². The number of hydrogen-bond donors (Lipinski definition) is 2. The molecule has 0 aromatic heterocycles. The molecule has 2 aromatic carbocycles. The van der Waals surface area contributed by atoms with Gasteiger partial charge in [0.15, 0.2) is 17.5 Å². The lowest BCUT2D eigenvalue weighted by molar-refractivity contribution is 0.354. The molecule has 0 spiro atoms. The van der Waals surface area contributed by atoms with Crippen LogP contribution in [0.2, 0.25) is 0 Å². The SMILES string of the molecule is CCNC(=NCc1cc(F)cc(Br)c1)NCc1ccc(OC)c(OC)c1. The van der Waals surface area contributed by atoms with Crippen molar-refractivity contribution in [3.05, 3.63) is 57.8 Å². The Labute approximate surface area is 161 Å². The quantitative estimate of drug-likeness (QED) is 0.524. The van der Waals surface area contributed by atoms with Crippen molar-refractivity contribution < 1.29 is 13.9 Å². The maximum atomic E-state index is 13.5. The molecule has 2 aromatic rings. The third-order valence-electron chi connectivity index (χ3n) is 3.59. The van der Waals surface area contributed by atoms with Crippen molar-refractivity contribution in [2.24, 2.45) is 4.99 Å². The average molecular weight is 424 g/mol. The third-order valence-corrected chi connectivity index (χ3v) is 4.05. The van der Waals surface area contributed by atoms with E-state index < -0.39 is 0 Å². The lowest BCUT2D eigenvalue weighted by Gasteiger charge is -2.13. The first-order chi connectivity index (χ1) is 12.5. The molecule has 7 heteroatoms. The molecule has 26 heavy (non-hydrogen) atoms. The molecule has 0 saturated carbocycles. The van der Waals surface area contributed by atoms with E-state index in [4.69, 9.17) is 9.47 Å². The second-order valence-corrected chi connectivity index (χ2v) is 6.43. The zero-order chi connectivity index (χ0) is 18.9. The molecule has 0 amide bonds. The molecule has 2 N–H and O–H groups in total. The minimum absolute atomic E-state index is 0.284. The van der Waals surface area contributed by atoms with Crippen LogP contribution in [0, 0.1) is 5.82 Å². The topological polar surface area (TPSA) is 54.9 Å². The number of nitrogens with zero attached hydrogens (tertiary/aromatic N) is 1. The number of ether oxygens (including phenoxy) is 2. The fourth-order valence-electron chi connectivity index (χ4n) is 2.39. The van der Waals surface area contributed by atoms with E-state index in [-0.39, 0.29) is 5.82 Å². The molecule has 0 unspecified atom stereocenters. The van der Waals surface area contributed by atoms with Crippen LogP contribution < -0.4 is 20.1 Å². The Bertz CT molecular complexity index is 748. The van der Waals surface area contributed by atoms with Crippen molar-refractivity contribution in [2.75, 3.05) is 20.8 Å². The average Bonchev–Trinajstić information content (AvgIpc) is 2.63. The monoisotopic (exact) mass is 423 g/mol. The molecule has 0 atom stereocenters. The van der Waals surface area contributed by atoms with Crippen LogP contribution in [-0.4, -0.2) is 26.7 Å². The van der Waals surface area contributed by atoms with E-state index in [2.05, 4.69) is 31.6 Å². The Hall–Kier alpha value is -2.28. The number of hydrogen-bond acceptors (Lipinski definition) is 3. The minimum Gasteiger partial charge on any atom is -0.493 e. The molecule has 0 heterocycles. The van der Waals surface area contributed by atoms with Gasteiger partial charge < -0.3 is 20.1 Å². The van der Waals surface area contributed by atoms with Gasteiger partial charge in [-0.2, -0.15) is 0 Å². The van der Waals surface area contributed by atoms with Crippen LogP contribution >= 0.6 is 15.9 Å². The summed E-state index contributed by atoms with van der Waals surface area (Å²) in [6, 6.07) is 10.5. The molecular formula is C19H23BrFN3O2. The highest BCUT2D eigenvalue weighted by Gasteiger charge is 2.06. The molecule has 0 fully saturated rings. The Morgan fingerprint density at radius 3 is 2.46 bits per heavy atom. The highest BCUT2D eigenvalue weighted by Crippen LogP contribution is 2.27. The summed E-state index contributed by atoms with van der Waals surface area (Å²) in [4.78, 5) is 4.51. The molecule has 5 nitrogen and oxygen atoms in total. The number of rotatable bonds is 7. The molecule has 0 saturated heterocycles. The van der Waals surface area contributed by atoms with Crippen LogP contribution in [0.3, 0.4) is 0 Å². The predicted octanol–water partition coefficient (Wildman–Crippen LogP) is 3.86. The summed E-state index contributed by atoms with van der Waals surface area (Å²) >= 11 is 3.30. The van der Waals surface area contributed by atoms with Crippen molar-refractivity contribution in [1.82, 2.24) is 10.6 Å². The maximum Gasteiger partial charge on any atom is 0.191 e. The van der Waals surface area contributed by atoms with Crippen molar-refractivity contribution in [3.63, 3.8) is 0 Å². The number of benzene rings is 2. The number of halogens is 2. The second-order valence-electron chi connectivity index (χ2n) is 5.52. The van der Waals surface area contributed by atoms with Gasteiger partial charge in [-0.1, -0.05) is 22.0 Å². The largest absolute Gasteiger partial charge is 0.493 e. The first-order valence-corrected chi connectivity index (χ1v) is 9.03. The summed E-state index contributed by atoms with van der Waals surface area (Å²) in [5, 5.41) is 6.44. The van der Waals surface area contributed by atoms with Gasteiger partial charge in [-0.25, -0.2) is 9.38 Å². The van der Waals surface area contributed by atoms with Gasteiger partial charge in [-0.05, 0) is 48.4 Å². The zero-order valence-electron chi connectivity index (χ0n) is 15.1. The second kappa shape index (κ2) is 10.0. The Balaban J connectivity index is 2.05. The van der Waals surface area contributed by atoms with Crippen LogP contribution in [0.5, 0.6) is 11.5 Å². The van der Waals surface area contributed by atoms with E-state index in [9.17, 15) is 4.39 Å². The lowest BCUT2D eigenvalue weighted by Crippen LogP contribution is -2.36. The van der Waals surface area contributed by atoms with E-state index in [0.29, 0.717) is 35.0 Å². The highest BCUT2D eigenvalue weighted by molar-refractivity contribution is 9.10. The number of methoxy groups -OCH3 is 2. The fraction of sp³-hybridized carbons (Fsp3) is 0.316. The van der Waals surface area contributed by atoms with Gasteiger partial charge in [0.05, 0.1) is 20.8 Å². The molecule has 140 valence electrons. The van der Waals surface area contributed by atoms with Crippen LogP contribution in [-0.2, 0) is 13.1 Å². The third kappa shape index (κ3) is 5.91. The van der Waals surface area contributed by atoms with Crippen molar-refractivity contribution >= 4 is 21.9 Å². The molecule has 0 aliphatic heterocycles. The number of aliphatic imine (C=N–C) groups is 1. The van der Waals surface area contributed by atoms with Gasteiger partial charge in [0.2, 0.25) is 0 Å². The Morgan fingerprint density at radius 2 is 1.81 bits per heavy atom. The van der Waals surface area contributed by atoms with Gasteiger partial charge in [-0.3, -0.25) is 0 Å². The molecule has 0 radical (unpaired) electrons. The summed E-state index contributed by atoms with van der Waals surface area (Å²) < 4.78 is 24.7. The molecule has 2 rings (SSSR count). The lowest BCUT2D eigenvalue weighted by atomic mass is 10.2. The highest BCUT2D eigenvalue weighted by atomic mass is 79.9. The Morgan fingerprint density at radius 1 is 1.04 bits per heavy atom. The summed E-state index contributed by atoms with van der Waals surface area (Å²) in [6.45, 7) is 3.66. The maximum absolute atomic E-state index is 13.5. The minimum atomic E-state index is -0.284. The zero-order valence-corrected chi connectivity index (χ0v) is 16.7. The normalized spacial score (nSPS) is 11.2. The van der Waals surface area contributed by atoms with E-state index in [1.165, 1.54) is 12.1 Å². The van der Waals surface area contributed by atoms with Crippen LogP contribution in [0.25, 0.3) is 0 Å². The number of nitrogens with one attached hydrogen (secondary N) is 2. The molecule has 0 aliphatic rings.